The number of likely N-dealkylation sites (tertiary alicyclic amines) is 1. The van der Waals surface area contributed by atoms with Crippen LogP contribution in [0.2, 0.25) is 0 Å². The van der Waals surface area contributed by atoms with E-state index in [0.717, 1.165) is 44.1 Å². The number of hydroxylamine groups is 1. The van der Waals surface area contributed by atoms with Crippen LogP contribution in [0.1, 0.15) is 55.2 Å². The van der Waals surface area contributed by atoms with Gasteiger partial charge in [0.15, 0.2) is 0 Å². The van der Waals surface area contributed by atoms with Crippen LogP contribution in [0.25, 0.3) is 0 Å². The Morgan fingerprint density at radius 2 is 1.43 bits per heavy atom. The molecule has 0 bridgehead atoms. The second-order valence-corrected chi connectivity index (χ2v) is 10.7. The van der Waals surface area contributed by atoms with Crippen LogP contribution in [0.5, 0.6) is 0 Å². The van der Waals surface area contributed by atoms with E-state index in [4.69, 9.17) is 19.0 Å². The monoisotopic (exact) mass is 582 g/mol. The first-order valence-corrected chi connectivity index (χ1v) is 15.1. The predicted molar refractivity (Wildman–Crippen MR) is 160 cm³/mol. The quantitative estimate of drug-likeness (QED) is 0.209. The highest BCUT2D eigenvalue weighted by Crippen LogP contribution is 2.22. The molecule has 0 aliphatic carbocycles. The molecule has 0 atom stereocenters. The number of nitrogens with one attached hydrogen (secondary N) is 1. The molecule has 0 spiro atoms. The van der Waals surface area contributed by atoms with Crippen LogP contribution < -0.4 is 5.48 Å². The fraction of sp³-hybridized carbons (Fsp3) is 0.545. The number of ether oxygens (including phenoxy) is 3. The molecule has 0 unspecified atom stereocenters. The summed E-state index contributed by atoms with van der Waals surface area (Å²) >= 11 is 0. The van der Waals surface area contributed by atoms with Crippen LogP contribution in [0.4, 0.5) is 0 Å². The van der Waals surface area contributed by atoms with Crippen molar-refractivity contribution < 1.29 is 33.4 Å². The minimum atomic E-state index is -0.450. The van der Waals surface area contributed by atoms with Crippen molar-refractivity contribution in [2.24, 2.45) is 5.92 Å². The van der Waals surface area contributed by atoms with Crippen LogP contribution in [0.3, 0.4) is 0 Å². The van der Waals surface area contributed by atoms with Gasteiger partial charge in [0.2, 0.25) is 5.91 Å². The van der Waals surface area contributed by atoms with Crippen LogP contribution in [-0.4, -0.2) is 75.9 Å². The van der Waals surface area contributed by atoms with Gasteiger partial charge in [-0.15, -0.1) is 0 Å². The minimum Gasteiger partial charge on any atom is -0.382 e. The average molecular weight is 583 g/mol. The Morgan fingerprint density at radius 3 is 2.12 bits per heavy atom. The molecule has 1 saturated heterocycles. The van der Waals surface area contributed by atoms with Gasteiger partial charge in [-0.1, -0.05) is 54.6 Å². The molecule has 1 N–H and O–H groups in total. The molecule has 42 heavy (non-hydrogen) atoms. The molecule has 1 heterocycles. The summed E-state index contributed by atoms with van der Waals surface area (Å²) < 4.78 is 15.6. The highest BCUT2D eigenvalue weighted by Gasteiger charge is 2.23. The van der Waals surface area contributed by atoms with E-state index >= 15 is 0 Å². The normalized spacial score (nSPS) is 13.6. The molecular formula is C33H46N2O7. The lowest BCUT2D eigenvalue weighted by atomic mass is 9.92. The van der Waals surface area contributed by atoms with E-state index < -0.39 is 5.97 Å². The lowest BCUT2D eigenvalue weighted by molar-refractivity contribution is -0.158. The summed E-state index contributed by atoms with van der Waals surface area (Å²) in [6, 6.07) is 18.5. The van der Waals surface area contributed by atoms with Crippen molar-refractivity contribution in [3.05, 3.63) is 71.3 Å². The van der Waals surface area contributed by atoms with Crippen molar-refractivity contribution >= 4 is 17.8 Å². The molecule has 2 amide bonds. The van der Waals surface area contributed by atoms with Crippen LogP contribution in [-0.2, 0) is 52.7 Å². The van der Waals surface area contributed by atoms with Crippen LogP contribution in [0.15, 0.2) is 54.6 Å². The first-order chi connectivity index (χ1) is 20.5. The fourth-order valence-corrected chi connectivity index (χ4v) is 4.92. The molecule has 9 heteroatoms. The summed E-state index contributed by atoms with van der Waals surface area (Å²) in [4.78, 5) is 43.6. The van der Waals surface area contributed by atoms with E-state index in [-0.39, 0.29) is 31.3 Å². The number of rotatable bonds is 18. The van der Waals surface area contributed by atoms with E-state index in [2.05, 4.69) is 41.9 Å². The second kappa shape index (κ2) is 19.8. The molecule has 1 fully saturated rings. The Balaban J connectivity index is 1.20. The van der Waals surface area contributed by atoms with Gasteiger partial charge in [0.05, 0.1) is 32.8 Å². The van der Waals surface area contributed by atoms with Crippen molar-refractivity contribution in [3.8, 4) is 0 Å². The highest BCUT2D eigenvalue weighted by atomic mass is 16.7. The Bertz CT molecular complexity index is 1050. The number of piperidine rings is 1. The number of hydrogen-bond donors (Lipinski definition) is 1. The Labute approximate surface area is 249 Å². The first-order valence-electron chi connectivity index (χ1n) is 15.1. The average Bonchev–Trinajstić information content (AvgIpc) is 3.02. The van der Waals surface area contributed by atoms with Gasteiger partial charge in [0, 0.05) is 26.6 Å². The number of nitrogens with zero attached hydrogens (tertiary/aromatic N) is 1. The van der Waals surface area contributed by atoms with Gasteiger partial charge < -0.3 is 23.9 Å². The molecule has 9 nitrogen and oxygen atoms in total. The number of aryl methyl sites for hydroxylation is 2. The predicted octanol–water partition coefficient (Wildman–Crippen LogP) is 4.07. The third kappa shape index (κ3) is 13.6. The van der Waals surface area contributed by atoms with Crippen LogP contribution >= 0.6 is 0 Å². The van der Waals surface area contributed by atoms with E-state index in [9.17, 15) is 14.4 Å². The SMILES string of the molecule is COCCOCCOCC(=O)N1CCC(CCC(=O)ONC(=O)Cc2ccc(CCCCc3ccccc3)cc2)CC1. The molecule has 1 aliphatic rings. The van der Waals surface area contributed by atoms with Crippen molar-refractivity contribution in [1.29, 1.82) is 0 Å². The first kappa shape index (κ1) is 33.2. The zero-order valence-electron chi connectivity index (χ0n) is 24.9. The maximum atomic E-state index is 12.3. The van der Waals surface area contributed by atoms with E-state index in [1.54, 1.807) is 12.0 Å². The van der Waals surface area contributed by atoms with Gasteiger partial charge >= 0.3 is 5.97 Å². The summed E-state index contributed by atoms with van der Waals surface area (Å²) in [5.74, 6) is -0.492. The molecule has 0 saturated carbocycles. The van der Waals surface area contributed by atoms with Crippen molar-refractivity contribution in [3.63, 3.8) is 0 Å². The molecule has 0 aromatic heterocycles. The third-order valence-corrected chi connectivity index (χ3v) is 7.44. The van der Waals surface area contributed by atoms with Crippen molar-refractivity contribution in [2.75, 3.05) is 53.2 Å². The van der Waals surface area contributed by atoms with E-state index in [1.165, 1.54) is 11.1 Å². The van der Waals surface area contributed by atoms with E-state index in [1.807, 2.05) is 18.2 Å². The molecule has 3 rings (SSSR count). The summed E-state index contributed by atoms with van der Waals surface area (Å²) in [5.41, 5.74) is 5.77. The standard InChI is InChI=1S/C33H46N2O7/c1-39-21-22-40-23-24-41-26-32(37)35-19-17-29(18-20-35)15-16-33(38)42-34-31(36)25-30-13-11-28(12-14-30)10-6-5-9-27-7-3-2-4-8-27/h2-4,7-8,11-14,29H,5-6,9-10,15-26H2,1H3,(H,34,36). The number of benzene rings is 2. The Kier molecular flexibility index (Phi) is 15.7. The van der Waals surface area contributed by atoms with E-state index in [0.29, 0.717) is 51.9 Å². The minimum absolute atomic E-state index is 0.0269. The topological polar surface area (TPSA) is 103 Å². The lowest BCUT2D eigenvalue weighted by Gasteiger charge is -2.31. The van der Waals surface area contributed by atoms with Crippen molar-refractivity contribution in [1.82, 2.24) is 10.4 Å². The largest absolute Gasteiger partial charge is 0.382 e. The number of methoxy groups -OCH3 is 1. The second-order valence-electron chi connectivity index (χ2n) is 10.7. The fourth-order valence-electron chi connectivity index (χ4n) is 4.92. The summed E-state index contributed by atoms with van der Waals surface area (Å²) in [5, 5.41) is 0. The zero-order chi connectivity index (χ0) is 29.8. The van der Waals surface area contributed by atoms with Gasteiger partial charge in [-0.25, -0.2) is 4.79 Å². The maximum absolute atomic E-state index is 12.3. The third-order valence-electron chi connectivity index (χ3n) is 7.44. The Morgan fingerprint density at radius 1 is 0.810 bits per heavy atom. The maximum Gasteiger partial charge on any atom is 0.332 e. The summed E-state index contributed by atoms with van der Waals surface area (Å²) in [6.07, 6.45) is 7.04. The number of amides is 2. The molecule has 2 aromatic rings. The van der Waals surface area contributed by atoms with Crippen LogP contribution in [0, 0.1) is 5.92 Å². The van der Waals surface area contributed by atoms with Gasteiger partial charge in [-0.05, 0) is 67.6 Å². The molecule has 230 valence electrons. The van der Waals surface area contributed by atoms with Gasteiger partial charge in [0.1, 0.15) is 6.61 Å². The van der Waals surface area contributed by atoms with Gasteiger partial charge in [-0.3, -0.25) is 9.59 Å². The molecular weight excluding hydrogens is 536 g/mol. The highest BCUT2D eigenvalue weighted by molar-refractivity contribution is 5.80. The summed E-state index contributed by atoms with van der Waals surface area (Å²) in [7, 11) is 1.62. The number of unbranched alkanes of at least 4 members (excludes halogenated alkanes) is 1. The van der Waals surface area contributed by atoms with Crippen molar-refractivity contribution in [2.45, 2.75) is 57.8 Å². The zero-order valence-corrected chi connectivity index (χ0v) is 24.9. The summed E-state index contributed by atoms with van der Waals surface area (Å²) in [6.45, 7) is 3.18. The lowest BCUT2D eigenvalue weighted by Crippen LogP contribution is -2.40. The molecule has 2 aromatic carbocycles. The number of carbonyl (C=O) groups excluding carboxylic acids is 3. The van der Waals surface area contributed by atoms with Gasteiger partial charge in [-0.2, -0.15) is 5.48 Å². The smallest absolute Gasteiger partial charge is 0.332 e. The number of carbonyl (C=O) groups is 3. The van der Waals surface area contributed by atoms with Gasteiger partial charge in [0.25, 0.3) is 5.91 Å². The molecule has 1 aliphatic heterocycles. The number of hydrogen-bond acceptors (Lipinski definition) is 7. The molecule has 0 radical (unpaired) electrons. The Hall–Kier alpha value is -3.27.